The lowest BCUT2D eigenvalue weighted by molar-refractivity contribution is 0.602. The number of nitrogens with zero attached hydrogens (tertiary/aromatic N) is 2. The van der Waals surface area contributed by atoms with E-state index in [-0.39, 0.29) is 17.5 Å². The Labute approximate surface area is 129 Å². The van der Waals surface area contributed by atoms with Gasteiger partial charge in [0.15, 0.2) is 9.84 Å². The molecule has 1 fully saturated rings. The Morgan fingerprint density at radius 1 is 1.27 bits per heavy atom. The summed E-state index contributed by atoms with van der Waals surface area (Å²) in [6, 6.07) is 9.60. The molecule has 1 saturated heterocycles. The maximum atomic E-state index is 11.5. The van der Waals surface area contributed by atoms with E-state index in [1.165, 1.54) is 0 Å². The van der Waals surface area contributed by atoms with Crippen LogP contribution in [0.25, 0.3) is 0 Å². The molecular weight excluding hydrogens is 300 g/mol. The molecule has 1 aromatic carbocycles. The highest BCUT2D eigenvalue weighted by Gasteiger charge is 2.27. The molecule has 2 aromatic rings. The van der Waals surface area contributed by atoms with Crippen LogP contribution in [0.5, 0.6) is 0 Å². The summed E-state index contributed by atoms with van der Waals surface area (Å²) in [7, 11) is -2.90. The summed E-state index contributed by atoms with van der Waals surface area (Å²) in [5, 5.41) is 6.31. The Balaban J connectivity index is 1.70. The van der Waals surface area contributed by atoms with Crippen molar-refractivity contribution in [3.63, 3.8) is 0 Å². The second kappa shape index (κ2) is 5.92. The zero-order valence-corrected chi connectivity index (χ0v) is 13.1. The molecule has 1 unspecified atom stereocenters. The first-order valence-corrected chi connectivity index (χ1v) is 8.96. The second-order valence-corrected chi connectivity index (χ2v) is 7.73. The first kappa shape index (κ1) is 14.8. The molecule has 0 spiro atoms. The van der Waals surface area contributed by atoms with Gasteiger partial charge in [0.25, 0.3) is 0 Å². The number of aromatic nitrogens is 2. The third-order valence-corrected chi connectivity index (χ3v) is 5.28. The van der Waals surface area contributed by atoms with Gasteiger partial charge in [0, 0.05) is 17.9 Å². The van der Waals surface area contributed by atoms with Crippen molar-refractivity contribution in [2.45, 2.75) is 19.4 Å². The Hall–Kier alpha value is -2.15. The van der Waals surface area contributed by atoms with Gasteiger partial charge in [-0.3, -0.25) is 0 Å². The number of aryl methyl sites for hydroxylation is 1. The number of sulfone groups is 1. The highest BCUT2D eigenvalue weighted by atomic mass is 32.2. The van der Waals surface area contributed by atoms with Crippen LogP contribution in [0.4, 0.5) is 17.5 Å². The van der Waals surface area contributed by atoms with Gasteiger partial charge in [-0.05, 0) is 37.1 Å². The fourth-order valence-electron chi connectivity index (χ4n) is 2.47. The maximum absolute atomic E-state index is 11.5. The summed E-state index contributed by atoms with van der Waals surface area (Å²) in [6.07, 6.45) is 2.27. The largest absolute Gasteiger partial charge is 0.366 e. The van der Waals surface area contributed by atoms with Crippen molar-refractivity contribution in [1.82, 2.24) is 9.97 Å². The molecule has 0 saturated carbocycles. The number of hydrogen-bond acceptors (Lipinski definition) is 6. The van der Waals surface area contributed by atoms with E-state index in [9.17, 15) is 8.42 Å². The van der Waals surface area contributed by atoms with E-state index >= 15 is 0 Å². The molecule has 1 aliphatic rings. The van der Waals surface area contributed by atoms with Crippen LogP contribution >= 0.6 is 0 Å². The standard InChI is InChI=1S/C15H18N4O2S/c1-11-3-2-4-12(9-11)18-15-16-7-5-14(19-15)17-13-6-8-22(20,21)10-13/h2-5,7,9,13H,6,8,10H2,1H3,(H2,16,17,18,19). The summed E-state index contributed by atoms with van der Waals surface area (Å²) >= 11 is 0. The van der Waals surface area contributed by atoms with Crippen molar-refractivity contribution in [3.05, 3.63) is 42.1 Å². The summed E-state index contributed by atoms with van der Waals surface area (Å²) in [5.74, 6) is 1.52. The van der Waals surface area contributed by atoms with Gasteiger partial charge in [-0.15, -0.1) is 0 Å². The van der Waals surface area contributed by atoms with Gasteiger partial charge < -0.3 is 10.6 Å². The monoisotopic (exact) mass is 318 g/mol. The van der Waals surface area contributed by atoms with Crippen LogP contribution in [0.1, 0.15) is 12.0 Å². The van der Waals surface area contributed by atoms with Gasteiger partial charge >= 0.3 is 0 Å². The molecule has 0 radical (unpaired) electrons. The molecule has 1 atom stereocenters. The average Bonchev–Trinajstić information content (AvgIpc) is 2.78. The van der Waals surface area contributed by atoms with Crippen LogP contribution in [0.2, 0.25) is 0 Å². The van der Waals surface area contributed by atoms with E-state index in [2.05, 4.69) is 20.6 Å². The van der Waals surface area contributed by atoms with E-state index < -0.39 is 9.84 Å². The molecule has 1 aromatic heterocycles. The quantitative estimate of drug-likeness (QED) is 0.898. The van der Waals surface area contributed by atoms with Crippen molar-refractivity contribution >= 4 is 27.3 Å². The first-order chi connectivity index (χ1) is 10.5. The third kappa shape index (κ3) is 3.73. The van der Waals surface area contributed by atoms with Crippen molar-refractivity contribution in [2.24, 2.45) is 0 Å². The lowest BCUT2D eigenvalue weighted by Gasteiger charge is -2.12. The minimum absolute atomic E-state index is 0.0771. The lowest BCUT2D eigenvalue weighted by atomic mass is 10.2. The van der Waals surface area contributed by atoms with Crippen molar-refractivity contribution < 1.29 is 8.42 Å². The first-order valence-electron chi connectivity index (χ1n) is 7.14. The molecule has 116 valence electrons. The van der Waals surface area contributed by atoms with Gasteiger partial charge in [0.1, 0.15) is 5.82 Å². The van der Waals surface area contributed by atoms with Crippen LogP contribution in [-0.2, 0) is 9.84 Å². The molecule has 2 N–H and O–H groups in total. The van der Waals surface area contributed by atoms with Gasteiger partial charge in [-0.25, -0.2) is 13.4 Å². The summed E-state index contributed by atoms with van der Waals surface area (Å²) < 4.78 is 23.0. The van der Waals surface area contributed by atoms with Crippen LogP contribution in [0.15, 0.2) is 36.5 Å². The molecule has 2 heterocycles. The predicted molar refractivity (Wildman–Crippen MR) is 87.2 cm³/mol. The van der Waals surface area contributed by atoms with Crippen molar-refractivity contribution in [3.8, 4) is 0 Å². The third-order valence-electron chi connectivity index (χ3n) is 3.51. The molecule has 3 rings (SSSR count). The SMILES string of the molecule is Cc1cccc(Nc2nccc(NC3CCS(=O)(=O)C3)n2)c1. The average molecular weight is 318 g/mol. The number of rotatable bonds is 4. The minimum Gasteiger partial charge on any atom is -0.366 e. The summed E-state index contributed by atoms with van der Waals surface area (Å²) in [5.41, 5.74) is 2.07. The number of hydrogen-bond donors (Lipinski definition) is 2. The molecule has 0 bridgehead atoms. The normalized spacial score (nSPS) is 19.8. The Kier molecular flexibility index (Phi) is 3.98. The molecular formula is C15H18N4O2S. The van der Waals surface area contributed by atoms with Gasteiger partial charge in [-0.2, -0.15) is 4.98 Å². The van der Waals surface area contributed by atoms with Gasteiger partial charge in [-0.1, -0.05) is 12.1 Å². The van der Waals surface area contributed by atoms with Crippen molar-refractivity contribution in [1.29, 1.82) is 0 Å². The molecule has 6 nitrogen and oxygen atoms in total. The number of anilines is 3. The smallest absolute Gasteiger partial charge is 0.229 e. The van der Waals surface area contributed by atoms with E-state index in [1.54, 1.807) is 12.3 Å². The van der Waals surface area contributed by atoms with E-state index in [0.717, 1.165) is 11.3 Å². The van der Waals surface area contributed by atoms with Crippen LogP contribution in [0, 0.1) is 6.92 Å². The fraction of sp³-hybridized carbons (Fsp3) is 0.333. The Morgan fingerprint density at radius 2 is 2.14 bits per heavy atom. The van der Waals surface area contributed by atoms with Crippen LogP contribution in [-0.4, -0.2) is 35.9 Å². The zero-order chi connectivity index (χ0) is 15.6. The Morgan fingerprint density at radius 3 is 2.86 bits per heavy atom. The minimum atomic E-state index is -2.90. The lowest BCUT2D eigenvalue weighted by Crippen LogP contribution is -2.21. The summed E-state index contributed by atoms with van der Waals surface area (Å²) in [6.45, 7) is 2.02. The molecule has 1 aliphatic heterocycles. The molecule has 22 heavy (non-hydrogen) atoms. The van der Waals surface area contributed by atoms with Crippen LogP contribution in [0.3, 0.4) is 0 Å². The molecule has 0 amide bonds. The highest BCUT2D eigenvalue weighted by Crippen LogP contribution is 2.18. The van der Waals surface area contributed by atoms with Gasteiger partial charge in [0.2, 0.25) is 5.95 Å². The zero-order valence-electron chi connectivity index (χ0n) is 12.3. The van der Waals surface area contributed by atoms with Crippen LogP contribution < -0.4 is 10.6 Å². The number of benzene rings is 1. The highest BCUT2D eigenvalue weighted by molar-refractivity contribution is 7.91. The second-order valence-electron chi connectivity index (χ2n) is 5.50. The van der Waals surface area contributed by atoms with E-state index in [4.69, 9.17) is 0 Å². The predicted octanol–water partition coefficient (Wildman–Crippen LogP) is 2.13. The topological polar surface area (TPSA) is 84.0 Å². The number of nitrogens with one attached hydrogen (secondary N) is 2. The van der Waals surface area contributed by atoms with Gasteiger partial charge in [0.05, 0.1) is 11.5 Å². The van der Waals surface area contributed by atoms with E-state index in [0.29, 0.717) is 18.2 Å². The fourth-order valence-corrected chi connectivity index (χ4v) is 4.14. The van der Waals surface area contributed by atoms with Crippen molar-refractivity contribution in [2.75, 3.05) is 22.1 Å². The molecule has 7 heteroatoms. The maximum Gasteiger partial charge on any atom is 0.229 e. The van der Waals surface area contributed by atoms with E-state index in [1.807, 2.05) is 31.2 Å². The Bertz CT molecular complexity index is 777. The summed E-state index contributed by atoms with van der Waals surface area (Å²) in [4.78, 5) is 8.57. The molecule has 0 aliphatic carbocycles.